The van der Waals surface area contributed by atoms with Gasteiger partial charge in [-0.2, -0.15) is 13.2 Å². The van der Waals surface area contributed by atoms with Crippen LogP contribution >= 0.6 is 24.0 Å². The number of likely N-dealkylation sites (N-methyl/N-ethyl adjacent to an activating group) is 1. The van der Waals surface area contributed by atoms with E-state index in [0.717, 1.165) is 32.7 Å². The summed E-state index contributed by atoms with van der Waals surface area (Å²) in [5.74, 6) is 0.320. The molecular weight excluding hydrogens is 484 g/mol. The van der Waals surface area contributed by atoms with Crippen LogP contribution in [0.15, 0.2) is 4.99 Å². The fourth-order valence-corrected chi connectivity index (χ4v) is 4.14. The van der Waals surface area contributed by atoms with E-state index < -0.39 is 29.4 Å². The van der Waals surface area contributed by atoms with Crippen molar-refractivity contribution in [1.82, 2.24) is 15.5 Å². The van der Waals surface area contributed by atoms with Gasteiger partial charge in [0.1, 0.15) is 6.54 Å². The van der Waals surface area contributed by atoms with Crippen molar-refractivity contribution in [3.63, 3.8) is 0 Å². The molecule has 3 atom stereocenters. The average molecular weight is 512 g/mol. The molecule has 154 valence electrons. The molecule has 26 heavy (non-hydrogen) atoms. The normalized spacial score (nSPS) is 22.2. The second-order valence-electron chi connectivity index (χ2n) is 6.09. The number of hydrogen-bond donors (Lipinski definition) is 2. The van der Waals surface area contributed by atoms with Gasteiger partial charge < -0.3 is 15.5 Å². The summed E-state index contributed by atoms with van der Waals surface area (Å²) in [6.45, 7) is 0.340. The highest BCUT2D eigenvalue weighted by molar-refractivity contribution is 14.0. The molecule has 1 amide bonds. The highest BCUT2D eigenvalue weighted by Crippen LogP contribution is 2.23. The van der Waals surface area contributed by atoms with Crippen molar-refractivity contribution in [2.24, 2.45) is 4.99 Å². The van der Waals surface area contributed by atoms with E-state index >= 15 is 0 Å². The van der Waals surface area contributed by atoms with Crippen LogP contribution in [0.3, 0.4) is 0 Å². The summed E-state index contributed by atoms with van der Waals surface area (Å²) in [6, 6.07) is 0.0865. The second-order valence-corrected chi connectivity index (χ2v) is 8.10. The van der Waals surface area contributed by atoms with Crippen LogP contribution < -0.4 is 10.6 Å². The Balaban J connectivity index is 0.00000625. The molecule has 0 aromatic carbocycles. The number of amides is 1. The molecule has 11 heteroatoms. The van der Waals surface area contributed by atoms with E-state index in [1.54, 1.807) is 0 Å². The predicted octanol–water partition coefficient (Wildman–Crippen LogP) is 1.87. The molecule has 2 N–H and O–H groups in total. The highest BCUT2D eigenvalue weighted by Gasteiger charge is 2.31. The lowest BCUT2D eigenvalue weighted by molar-refractivity contribution is -0.157. The lowest BCUT2D eigenvalue weighted by Gasteiger charge is -2.30. The molecular formula is C15H28F3IN4O2S. The first-order chi connectivity index (χ1) is 11.7. The van der Waals surface area contributed by atoms with E-state index in [0.29, 0.717) is 16.6 Å². The Hall–Kier alpha value is -0.590. The van der Waals surface area contributed by atoms with Crippen molar-refractivity contribution in [3.8, 4) is 0 Å². The van der Waals surface area contributed by atoms with E-state index in [9.17, 15) is 22.2 Å². The van der Waals surface area contributed by atoms with Crippen LogP contribution in [0.1, 0.15) is 32.6 Å². The van der Waals surface area contributed by atoms with Gasteiger partial charge in [-0.25, -0.2) is 0 Å². The second kappa shape index (κ2) is 12.0. The summed E-state index contributed by atoms with van der Waals surface area (Å²) in [4.78, 5) is 16.4. The van der Waals surface area contributed by atoms with Crippen molar-refractivity contribution >= 4 is 46.6 Å². The number of carbonyl (C=O) groups is 1. The lowest BCUT2D eigenvalue weighted by Crippen LogP contribution is -2.49. The lowest BCUT2D eigenvalue weighted by atomic mass is 9.95. The minimum Gasteiger partial charge on any atom is -0.354 e. The minimum atomic E-state index is -4.42. The minimum absolute atomic E-state index is 0. The van der Waals surface area contributed by atoms with Crippen LogP contribution in [0.2, 0.25) is 0 Å². The Bertz CT molecular complexity index is 506. The maximum Gasteiger partial charge on any atom is 0.406 e. The van der Waals surface area contributed by atoms with Crippen LogP contribution in [-0.4, -0.2) is 71.4 Å². The van der Waals surface area contributed by atoms with E-state index in [4.69, 9.17) is 0 Å². The largest absolute Gasteiger partial charge is 0.406 e. The zero-order valence-corrected chi connectivity index (χ0v) is 18.4. The molecule has 6 nitrogen and oxygen atoms in total. The smallest absolute Gasteiger partial charge is 0.354 e. The van der Waals surface area contributed by atoms with Crippen LogP contribution in [0.25, 0.3) is 0 Å². The molecule has 0 heterocycles. The molecule has 0 radical (unpaired) electrons. The Morgan fingerprint density at radius 2 is 2.00 bits per heavy atom. The zero-order valence-electron chi connectivity index (χ0n) is 15.3. The van der Waals surface area contributed by atoms with Gasteiger partial charge in [-0.3, -0.25) is 14.0 Å². The van der Waals surface area contributed by atoms with Gasteiger partial charge in [0.2, 0.25) is 5.91 Å². The third-order valence-corrected chi connectivity index (χ3v) is 5.84. The topological polar surface area (TPSA) is 73.8 Å². The van der Waals surface area contributed by atoms with Crippen molar-refractivity contribution < 1.29 is 22.2 Å². The van der Waals surface area contributed by atoms with Crippen LogP contribution in [0.5, 0.6) is 0 Å². The number of nitrogens with one attached hydrogen (secondary N) is 2. The van der Waals surface area contributed by atoms with Gasteiger partial charge in [-0.15, -0.1) is 24.0 Å². The van der Waals surface area contributed by atoms with Gasteiger partial charge >= 0.3 is 6.18 Å². The van der Waals surface area contributed by atoms with Crippen molar-refractivity contribution in [2.45, 2.75) is 50.1 Å². The standard InChI is InChI=1S/C15H27F3N4O2S.HI/c1-4-25(24)12-7-5-6-11(8-12)21-14(19-2)20-9-13(23)22(3)10-15(16,17)18;/h11-12H,4-10H2,1-3H3,(H2,19,20,21);1H. The van der Waals surface area contributed by atoms with Crippen LogP contribution in [0, 0.1) is 0 Å². The molecule has 1 aliphatic carbocycles. The first kappa shape index (κ1) is 25.4. The number of aliphatic imine (C=N–C) groups is 1. The number of rotatable bonds is 6. The number of hydrogen-bond acceptors (Lipinski definition) is 3. The molecule has 1 fully saturated rings. The molecule has 1 rings (SSSR count). The summed E-state index contributed by atoms with van der Waals surface area (Å²) in [5.41, 5.74) is 0. The van der Waals surface area contributed by atoms with Crippen LogP contribution in [-0.2, 0) is 15.6 Å². The van der Waals surface area contributed by atoms with Gasteiger partial charge in [0.15, 0.2) is 5.96 Å². The number of nitrogens with zero attached hydrogens (tertiary/aromatic N) is 2. The summed E-state index contributed by atoms with van der Waals surface area (Å²) >= 11 is 0. The molecule has 0 aliphatic heterocycles. The highest BCUT2D eigenvalue weighted by atomic mass is 127. The Labute approximate surface area is 172 Å². The SMILES string of the molecule is CCS(=O)C1CCCC(NC(=NC)NCC(=O)N(C)CC(F)(F)F)C1.I. The summed E-state index contributed by atoms with van der Waals surface area (Å²) in [6.07, 6.45) is -0.872. The Morgan fingerprint density at radius 3 is 2.54 bits per heavy atom. The molecule has 0 spiro atoms. The summed E-state index contributed by atoms with van der Waals surface area (Å²) in [5, 5.41) is 6.06. The number of halogens is 4. The van der Waals surface area contributed by atoms with Gasteiger partial charge in [-0.05, 0) is 19.3 Å². The van der Waals surface area contributed by atoms with E-state index in [1.165, 1.54) is 7.05 Å². The summed E-state index contributed by atoms with van der Waals surface area (Å²) < 4.78 is 48.9. The van der Waals surface area contributed by atoms with Crippen LogP contribution in [0.4, 0.5) is 13.2 Å². The van der Waals surface area contributed by atoms with Gasteiger partial charge in [-0.1, -0.05) is 13.3 Å². The zero-order chi connectivity index (χ0) is 19.0. The molecule has 3 unspecified atom stereocenters. The van der Waals surface area contributed by atoms with Crippen molar-refractivity contribution in [3.05, 3.63) is 0 Å². The first-order valence-electron chi connectivity index (χ1n) is 8.31. The van der Waals surface area contributed by atoms with E-state index in [-0.39, 0.29) is 41.8 Å². The Morgan fingerprint density at radius 1 is 1.35 bits per heavy atom. The monoisotopic (exact) mass is 512 g/mol. The Kier molecular flexibility index (Phi) is 11.7. The molecule has 0 aromatic rings. The molecule has 1 saturated carbocycles. The van der Waals surface area contributed by atoms with Gasteiger partial charge in [0, 0.05) is 41.9 Å². The van der Waals surface area contributed by atoms with Crippen molar-refractivity contribution in [2.75, 3.05) is 32.9 Å². The molecule has 0 aromatic heterocycles. The third kappa shape index (κ3) is 9.38. The quantitative estimate of drug-likeness (QED) is 0.324. The molecule has 0 saturated heterocycles. The third-order valence-electron chi connectivity index (χ3n) is 4.10. The molecule has 0 bridgehead atoms. The van der Waals surface area contributed by atoms with Gasteiger partial charge in [0.25, 0.3) is 0 Å². The first-order valence-corrected chi connectivity index (χ1v) is 9.69. The fourth-order valence-electron chi connectivity index (χ4n) is 2.79. The number of carbonyl (C=O) groups excluding carboxylic acids is 1. The fraction of sp³-hybridized carbons (Fsp3) is 0.867. The number of guanidine groups is 1. The predicted molar refractivity (Wildman–Crippen MR) is 108 cm³/mol. The number of alkyl halides is 3. The van der Waals surface area contributed by atoms with E-state index in [1.807, 2.05) is 6.92 Å². The maximum atomic E-state index is 12.3. The maximum absolute atomic E-state index is 12.3. The van der Waals surface area contributed by atoms with Crippen molar-refractivity contribution in [1.29, 1.82) is 0 Å². The van der Waals surface area contributed by atoms with E-state index in [2.05, 4.69) is 15.6 Å². The van der Waals surface area contributed by atoms with Gasteiger partial charge in [0.05, 0.1) is 6.54 Å². The summed E-state index contributed by atoms with van der Waals surface area (Å²) in [7, 11) is 1.80. The average Bonchev–Trinajstić information content (AvgIpc) is 2.56. The molecule has 1 aliphatic rings.